The second kappa shape index (κ2) is 5.43. The van der Waals surface area contributed by atoms with E-state index in [1.807, 2.05) is 0 Å². The Labute approximate surface area is 127 Å². The molecule has 2 fully saturated rings. The second-order valence-corrected chi connectivity index (χ2v) is 5.82. The maximum atomic E-state index is 12.4. The lowest BCUT2D eigenvalue weighted by Gasteiger charge is -2.24. The van der Waals surface area contributed by atoms with E-state index < -0.39 is 11.9 Å². The van der Waals surface area contributed by atoms with E-state index in [4.69, 9.17) is 5.11 Å². The summed E-state index contributed by atoms with van der Waals surface area (Å²) in [5, 5.41) is 13.0. The molecule has 118 valence electrons. The number of hydrogen-bond donors (Lipinski definition) is 1. The van der Waals surface area contributed by atoms with Gasteiger partial charge in [-0.1, -0.05) is 0 Å². The first-order chi connectivity index (χ1) is 10.5. The van der Waals surface area contributed by atoms with Crippen LogP contribution in [-0.4, -0.2) is 68.1 Å². The Kier molecular flexibility index (Phi) is 3.59. The molecule has 2 atom stereocenters. The van der Waals surface area contributed by atoms with Crippen molar-refractivity contribution < 1.29 is 19.5 Å². The number of aliphatic carboxylic acids is 1. The maximum Gasteiger partial charge on any atom is 0.308 e. The van der Waals surface area contributed by atoms with E-state index in [0.717, 1.165) is 0 Å². The van der Waals surface area contributed by atoms with E-state index >= 15 is 0 Å². The molecule has 8 nitrogen and oxygen atoms in total. The Bertz CT molecular complexity index is 626. The largest absolute Gasteiger partial charge is 0.481 e. The summed E-state index contributed by atoms with van der Waals surface area (Å²) in [7, 11) is 1.71. The predicted octanol–water partition coefficient (Wildman–Crippen LogP) is -0.432. The van der Waals surface area contributed by atoms with Crippen molar-refractivity contribution in [3.8, 4) is 0 Å². The Morgan fingerprint density at radius 1 is 1.36 bits per heavy atom. The molecule has 0 aromatic carbocycles. The first kappa shape index (κ1) is 14.6. The third kappa shape index (κ3) is 2.44. The zero-order chi connectivity index (χ0) is 15.9. The van der Waals surface area contributed by atoms with Gasteiger partial charge < -0.3 is 14.9 Å². The van der Waals surface area contributed by atoms with Crippen LogP contribution in [0, 0.1) is 5.92 Å². The van der Waals surface area contributed by atoms with Crippen LogP contribution in [0.4, 0.5) is 0 Å². The molecule has 2 saturated heterocycles. The van der Waals surface area contributed by atoms with Gasteiger partial charge in [0.2, 0.25) is 5.91 Å². The van der Waals surface area contributed by atoms with Crippen LogP contribution in [0.15, 0.2) is 12.3 Å². The number of carbonyl (C=O) groups excluding carboxylic acids is 2. The molecule has 8 heteroatoms. The number of amides is 2. The van der Waals surface area contributed by atoms with Crippen molar-refractivity contribution in [2.24, 2.45) is 13.0 Å². The fourth-order valence-corrected chi connectivity index (χ4v) is 3.18. The molecule has 3 heterocycles. The molecule has 1 N–H and O–H groups in total. The lowest BCUT2D eigenvalue weighted by Crippen LogP contribution is -2.40. The summed E-state index contributed by atoms with van der Waals surface area (Å²) < 4.78 is 1.52. The molecule has 2 aliphatic rings. The molecule has 0 bridgehead atoms. The molecule has 0 spiro atoms. The average molecular weight is 306 g/mol. The van der Waals surface area contributed by atoms with Crippen molar-refractivity contribution in [2.45, 2.75) is 18.9 Å². The Morgan fingerprint density at radius 3 is 2.73 bits per heavy atom. The van der Waals surface area contributed by atoms with Gasteiger partial charge in [0.15, 0.2) is 0 Å². The number of carbonyl (C=O) groups is 3. The molecule has 2 amide bonds. The number of carboxylic acid groups (broad SMARTS) is 1. The Balaban J connectivity index is 1.66. The van der Waals surface area contributed by atoms with E-state index in [-0.39, 0.29) is 30.8 Å². The highest BCUT2D eigenvalue weighted by Crippen LogP contribution is 2.25. The SMILES string of the molecule is Cn1nccc1C(=O)N1CCC(N2CC(C(=O)O)CC2=O)C1. The van der Waals surface area contributed by atoms with Crippen LogP contribution in [0.5, 0.6) is 0 Å². The molecular weight excluding hydrogens is 288 g/mol. The van der Waals surface area contributed by atoms with Gasteiger partial charge in [-0.3, -0.25) is 19.1 Å². The van der Waals surface area contributed by atoms with Crippen LogP contribution in [-0.2, 0) is 16.6 Å². The summed E-state index contributed by atoms with van der Waals surface area (Å²) in [6.45, 7) is 1.25. The van der Waals surface area contributed by atoms with Crippen LogP contribution < -0.4 is 0 Å². The molecule has 2 unspecified atom stereocenters. The maximum absolute atomic E-state index is 12.4. The van der Waals surface area contributed by atoms with E-state index in [1.165, 1.54) is 4.68 Å². The molecular formula is C14H18N4O4. The number of carboxylic acids is 1. The van der Waals surface area contributed by atoms with Gasteiger partial charge in [-0.2, -0.15) is 5.10 Å². The van der Waals surface area contributed by atoms with Crippen molar-refractivity contribution in [3.63, 3.8) is 0 Å². The Morgan fingerprint density at radius 2 is 2.14 bits per heavy atom. The average Bonchev–Trinajstić information content (AvgIpc) is 3.16. The molecule has 22 heavy (non-hydrogen) atoms. The van der Waals surface area contributed by atoms with E-state index in [0.29, 0.717) is 25.2 Å². The first-order valence-electron chi connectivity index (χ1n) is 7.27. The van der Waals surface area contributed by atoms with Crippen molar-refractivity contribution in [1.29, 1.82) is 0 Å². The number of nitrogens with zero attached hydrogens (tertiary/aromatic N) is 4. The topological polar surface area (TPSA) is 95.7 Å². The number of aryl methyl sites for hydroxylation is 1. The summed E-state index contributed by atoms with van der Waals surface area (Å²) >= 11 is 0. The highest BCUT2D eigenvalue weighted by molar-refractivity contribution is 5.93. The van der Waals surface area contributed by atoms with Crippen LogP contribution in [0.2, 0.25) is 0 Å². The van der Waals surface area contributed by atoms with Crippen molar-refractivity contribution in [1.82, 2.24) is 19.6 Å². The van der Waals surface area contributed by atoms with Crippen molar-refractivity contribution >= 4 is 17.8 Å². The number of rotatable bonds is 3. The van der Waals surface area contributed by atoms with Gasteiger partial charge in [0.1, 0.15) is 5.69 Å². The molecule has 3 rings (SSSR count). The fraction of sp³-hybridized carbons (Fsp3) is 0.571. The summed E-state index contributed by atoms with van der Waals surface area (Å²) in [5.74, 6) is -1.80. The van der Waals surface area contributed by atoms with E-state index in [9.17, 15) is 14.4 Å². The molecule has 1 aromatic rings. The minimum atomic E-state index is -0.934. The van der Waals surface area contributed by atoms with Crippen LogP contribution in [0.25, 0.3) is 0 Å². The molecule has 2 aliphatic heterocycles. The zero-order valence-corrected chi connectivity index (χ0v) is 12.3. The summed E-state index contributed by atoms with van der Waals surface area (Å²) in [6, 6.07) is 1.57. The fourth-order valence-electron chi connectivity index (χ4n) is 3.18. The third-order valence-corrected chi connectivity index (χ3v) is 4.44. The van der Waals surface area contributed by atoms with Gasteiger partial charge in [0.05, 0.1) is 12.0 Å². The summed E-state index contributed by atoms with van der Waals surface area (Å²) in [6.07, 6.45) is 2.31. The predicted molar refractivity (Wildman–Crippen MR) is 75.0 cm³/mol. The summed E-state index contributed by atoms with van der Waals surface area (Å²) in [4.78, 5) is 38.7. The second-order valence-electron chi connectivity index (χ2n) is 5.82. The van der Waals surface area contributed by atoms with Crippen LogP contribution in [0.1, 0.15) is 23.3 Å². The smallest absolute Gasteiger partial charge is 0.308 e. The summed E-state index contributed by atoms with van der Waals surface area (Å²) in [5.41, 5.74) is 0.511. The van der Waals surface area contributed by atoms with Gasteiger partial charge in [-0.15, -0.1) is 0 Å². The number of likely N-dealkylation sites (tertiary alicyclic amines) is 2. The zero-order valence-electron chi connectivity index (χ0n) is 12.3. The molecule has 0 saturated carbocycles. The molecule has 0 aliphatic carbocycles. The quantitative estimate of drug-likeness (QED) is 0.817. The van der Waals surface area contributed by atoms with E-state index in [2.05, 4.69) is 5.10 Å². The monoisotopic (exact) mass is 306 g/mol. The van der Waals surface area contributed by atoms with Gasteiger partial charge in [0.25, 0.3) is 5.91 Å². The standard InChI is InChI=1S/C14H18N4O4/c1-16-11(2-4-15-16)13(20)17-5-3-10(8-17)18-7-9(14(21)22)6-12(18)19/h2,4,9-10H,3,5-8H2,1H3,(H,21,22). The van der Waals surface area contributed by atoms with Gasteiger partial charge in [-0.05, 0) is 12.5 Å². The van der Waals surface area contributed by atoms with Crippen molar-refractivity contribution in [3.05, 3.63) is 18.0 Å². The van der Waals surface area contributed by atoms with Gasteiger partial charge in [-0.25, -0.2) is 0 Å². The van der Waals surface area contributed by atoms with Gasteiger partial charge in [0, 0.05) is 39.3 Å². The number of aromatic nitrogens is 2. The lowest BCUT2D eigenvalue weighted by atomic mass is 10.1. The normalized spacial score (nSPS) is 25.0. The minimum Gasteiger partial charge on any atom is -0.481 e. The Hall–Kier alpha value is -2.38. The molecule has 1 aromatic heterocycles. The van der Waals surface area contributed by atoms with Crippen molar-refractivity contribution in [2.75, 3.05) is 19.6 Å². The van der Waals surface area contributed by atoms with Gasteiger partial charge >= 0.3 is 5.97 Å². The van der Waals surface area contributed by atoms with E-state index in [1.54, 1.807) is 29.1 Å². The first-order valence-corrected chi connectivity index (χ1v) is 7.27. The highest BCUT2D eigenvalue weighted by atomic mass is 16.4. The number of hydrogen-bond acceptors (Lipinski definition) is 4. The minimum absolute atomic E-state index is 0.0571. The van der Waals surface area contributed by atoms with Crippen LogP contribution >= 0.6 is 0 Å². The molecule has 0 radical (unpaired) electrons. The third-order valence-electron chi connectivity index (χ3n) is 4.44. The lowest BCUT2D eigenvalue weighted by molar-refractivity contribution is -0.141. The highest BCUT2D eigenvalue weighted by Gasteiger charge is 2.41. The van der Waals surface area contributed by atoms with Crippen LogP contribution in [0.3, 0.4) is 0 Å².